The van der Waals surface area contributed by atoms with E-state index >= 15 is 0 Å². The van der Waals surface area contributed by atoms with E-state index in [0.717, 1.165) is 6.29 Å². The van der Waals surface area contributed by atoms with Crippen molar-refractivity contribution in [2.24, 2.45) is 0 Å². The SMILES string of the molecule is CC1(C)OC(C=O)C(CCO[Si](c2ccccc2)(c2ccccc2)C(C)(C)C)O1. The van der Waals surface area contributed by atoms with Crippen LogP contribution in [0.4, 0.5) is 0 Å². The van der Waals surface area contributed by atoms with E-state index < -0.39 is 20.2 Å². The van der Waals surface area contributed by atoms with E-state index in [1.54, 1.807) is 0 Å². The molecule has 156 valence electrons. The van der Waals surface area contributed by atoms with Gasteiger partial charge in [-0.3, -0.25) is 0 Å². The van der Waals surface area contributed by atoms with Gasteiger partial charge in [-0.2, -0.15) is 0 Å². The van der Waals surface area contributed by atoms with E-state index in [1.165, 1.54) is 10.4 Å². The highest BCUT2D eigenvalue weighted by Gasteiger charge is 2.50. The summed E-state index contributed by atoms with van der Waals surface area (Å²) in [5, 5.41) is 2.41. The van der Waals surface area contributed by atoms with E-state index in [0.29, 0.717) is 13.0 Å². The zero-order valence-corrected chi connectivity index (χ0v) is 19.1. The summed E-state index contributed by atoms with van der Waals surface area (Å²) < 4.78 is 18.5. The van der Waals surface area contributed by atoms with Crippen molar-refractivity contribution >= 4 is 25.0 Å². The summed E-state index contributed by atoms with van der Waals surface area (Å²) in [6.45, 7) is 10.9. The molecule has 5 heteroatoms. The van der Waals surface area contributed by atoms with Gasteiger partial charge < -0.3 is 18.7 Å². The first-order valence-electron chi connectivity index (χ1n) is 10.3. The highest BCUT2D eigenvalue weighted by Crippen LogP contribution is 2.37. The van der Waals surface area contributed by atoms with Crippen molar-refractivity contribution in [2.45, 2.75) is 64.1 Å². The number of rotatable bonds is 7. The fraction of sp³-hybridized carbons (Fsp3) is 0.458. The van der Waals surface area contributed by atoms with Crippen molar-refractivity contribution in [3.05, 3.63) is 60.7 Å². The number of hydrogen-bond donors (Lipinski definition) is 0. The van der Waals surface area contributed by atoms with Gasteiger partial charge in [0.25, 0.3) is 8.32 Å². The van der Waals surface area contributed by atoms with E-state index in [4.69, 9.17) is 13.9 Å². The number of carbonyl (C=O) groups excluding carboxylic acids is 1. The fourth-order valence-corrected chi connectivity index (χ4v) is 8.87. The molecule has 2 aromatic rings. The molecule has 0 spiro atoms. The Bertz CT molecular complexity index is 759. The predicted octanol–water partition coefficient (Wildman–Crippen LogP) is 3.67. The Labute approximate surface area is 175 Å². The fourth-order valence-electron chi connectivity index (χ4n) is 4.29. The number of benzene rings is 2. The van der Waals surface area contributed by atoms with E-state index in [1.807, 2.05) is 26.0 Å². The van der Waals surface area contributed by atoms with Gasteiger partial charge in [0, 0.05) is 6.61 Å². The summed E-state index contributed by atoms with van der Waals surface area (Å²) in [5.41, 5.74) is 0. The van der Waals surface area contributed by atoms with Gasteiger partial charge in [0.15, 0.2) is 12.1 Å². The van der Waals surface area contributed by atoms with E-state index in [9.17, 15) is 4.79 Å². The second kappa shape index (κ2) is 8.52. The Balaban J connectivity index is 1.91. The van der Waals surface area contributed by atoms with Crippen LogP contribution in [0.1, 0.15) is 41.0 Å². The highest BCUT2D eigenvalue weighted by molar-refractivity contribution is 6.99. The van der Waals surface area contributed by atoms with Crippen molar-refractivity contribution in [1.29, 1.82) is 0 Å². The number of hydrogen-bond acceptors (Lipinski definition) is 4. The molecule has 2 aromatic carbocycles. The first kappa shape index (κ1) is 21.9. The van der Waals surface area contributed by atoms with Crippen LogP contribution in [0.2, 0.25) is 5.04 Å². The molecule has 2 unspecified atom stereocenters. The maximum atomic E-state index is 11.4. The molecular weight excluding hydrogens is 380 g/mol. The first-order chi connectivity index (χ1) is 13.7. The van der Waals surface area contributed by atoms with Crippen molar-refractivity contribution in [3.8, 4) is 0 Å². The molecule has 0 aromatic heterocycles. The molecule has 0 bridgehead atoms. The van der Waals surface area contributed by atoms with Crippen LogP contribution < -0.4 is 10.4 Å². The van der Waals surface area contributed by atoms with E-state index in [2.05, 4.69) is 69.3 Å². The lowest BCUT2D eigenvalue weighted by Gasteiger charge is -2.43. The smallest absolute Gasteiger partial charge is 0.261 e. The third-order valence-electron chi connectivity index (χ3n) is 5.49. The van der Waals surface area contributed by atoms with Gasteiger partial charge in [-0.05, 0) is 35.7 Å². The summed E-state index contributed by atoms with van der Waals surface area (Å²) in [7, 11) is -2.57. The van der Waals surface area contributed by atoms with Crippen LogP contribution in [0.25, 0.3) is 0 Å². The summed E-state index contributed by atoms with van der Waals surface area (Å²) in [4.78, 5) is 11.4. The average molecular weight is 413 g/mol. The molecule has 0 N–H and O–H groups in total. The Morgan fingerprint density at radius 3 is 1.93 bits per heavy atom. The lowest BCUT2D eigenvalue weighted by molar-refractivity contribution is -0.150. The Morgan fingerprint density at radius 1 is 0.966 bits per heavy atom. The average Bonchev–Trinajstić information content (AvgIpc) is 2.99. The quantitative estimate of drug-likeness (QED) is 0.514. The normalized spacial score (nSPS) is 21.8. The topological polar surface area (TPSA) is 44.8 Å². The van der Waals surface area contributed by atoms with Crippen LogP contribution in [-0.2, 0) is 18.7 Å². The number of aldehydes is 1. The van der Waals surface area contributed by atoms with Crippen LogP contribution in [0.3, 0.4) is 0 Å². The summed E-state index contributed by atoms with van der Waals surface area (Å²) >= 11 is 0. The van der Waals surface area contributed by atoms with Crippen molar-refractivity contribution in [3.63, 3.8) is 0 Å². The lowest BCUT2D eigenvalue weighted by atomic mass is 10.2. The Hall–Kier alpha value is -1.79. The molecular formula is C24H32O4Si. The second-order valence-corrected chi connectivity index (χ2v) is 13.4. The molecule has 3 rings (SSSR count). The molecule has 1 heterocycles. The number of ether oxygens (including phenoxy) is 2. The minimum Gasteiger partial charge on any atom is -0.407 e. The highest BCUT2D eigenvalue weighted by atomic mass is 28.4. The standard InChI is InChI=1S/C24H32O4Si/c1-23(2,3)29(19-12-8-6-9-13-19,20-14-10-7-11-15-20)26-17-16-21-22(18-25)28-24(4,5)27-21/h6-15,18,21-22H,16-17H2,1-5H3. The maximum Gasteiger partial charge on any atom is 0.261 e. The summed E-state index contributed by atoms with van der Waals surface area (Å²) in [5.74, 6) is -0.742. The molecule has 29 heavy (non-hydrogen) atoms. The monoisotopic (exact) mass is 412 g/mol. The van der Waals surface area contributed by atoms with Gasteiger partial charge in [-0.1, -0.05) is 81.4 Å². The van der Waals surface area contributed by atoms with Crippen molar-refractivity contribution in [2.75, 3.05) is 6.61 Å². The molecule has 4 nitrogen and oxygen atoms in total. The van der Waals surface area contributed by atoms with E-state index in [-0.39, 0.29) is 11.1 Å². The number of carbonyl (C=O) groups is 1. The van der Waals surface area contributed by atoms with Gasteiger partial charge in [-0.15, -0.1) is 0 Å². The second-order valence-electron chi connectivity index (χ2n) is 9.08. The minimum absolute atomic E-state index is 0.0773. The molecule has 1 aliphatic rings. The molecule has 0 aliphatic carbocycles. The van der Waals surface area contributed by atoms with Crippen LogP contribution in [0.15, 0.2) is 60.7 Å². The molecule has 0 amide bonds. The summed E-state index contributed by atoms with van der Waals surface area (Å²) in [6, 6.07) is 21.1. The lowest BCUT2D eigenvalue weighted by Crippen LogP contribution is -2.66. The molecule has 0 saturated carbocycles. The predicted molar refractivity (Wildman–Crippen MR) is 118 cm³/mol. The third kappa shape index (κ3) is 4.53. The van der Waals surface area contributed by atoms with Gasteiger partial charge in [-0.25, -0.2) is 0 Å². The third-order valence-corrected chi connectivity index (χ3v) is 10.5. The summed E-state index contributed by atoms with van der Waals surface area (Å²) in [6.07, 6.45) is 0.605. The van der Waals surface area contributed by atoms with Gasteiger partial charge >= 0.3 is 0 Å². The van der Waals surface area contributed by atoms with Gasteiger partial charge in [0.05, 0.1) is 6.10 Å². The molecule has 1 aliphatic heterocycles. The van der Waals surface area contributed by atoms with Crippen molar-refractivity contribution < 1.29 is 18.7 Å². The van der Waals surface area contributed by atoms with Crippen LogP contribution in [0, 0.1) is 0 Å². The van der Waals surface area contributed by atoms with Gasteiger partial charge in [0.1, 0.15) is 6.10 Å². The molecule has 0 radical (unpaired) electrons. The largest absolute Gasteiger partial charge is 0.407 e. The Kier molecular flexibility index (Phi) is 6.44. The van der Waals surface area contributed by atoms with Crippen LogP contribution in [0.5, 0.6) is 0 Å². The Morgan fingerprint density at radius 2 is 1.48 bits per heavy atom. The van der Waals surface area contributed by atoms with Crippen LogP contribution in [-0.4, -0.2) is 39.2 Å². The maximum absolute atomic E-state index is 11.4. The van der Waals surface area contributed by atoms with Crippen molar-refractivity contribution in [1.82, 2.24) is 0 Å². The molecule has 1 saturated heterocycles. The zero-order valence-electron chi connectivity index (χ0n) is 18.1. The molecule has 2 atom stereocenters. The minimum atomic E-state index is -2.57. The van der Waals surface area contributed by atoms with Gasteiger partial charge in [0.2, 0.25) is 0 Å². The van der Waals surface area contributed by atoms with Crippen LogP contribution >= 0.6 is 0 Å². The molecule has 1 fully saturated rings. The first-order valence-corrected chi connectivity index (χ1v) is 12.2. The zero-order chi connectivity index (χ0) is 21.1.